The van der Waals surface area contributed by atoms with Crippen LogP contribution in [0.1, 0.15) is 41.6 Å². The lowest BCUT2D eigenvalue weighted by Gasteiger charge is -2.24. The predicted molar refractivity (Wildman–Crippen MR) is 99.5 cm³/mol. The molecular formula is C21H22N2O3. The average molecular weight is 350 g/mol. The molecule has 1 aromatic carbocycles. The van der Waals surface area contributed by atoms with Crippen LogP contribution in [0.15, 0.2) is 48.3 Å². The predicted octanol–water partition coefficient (Wildman–Crippen LogP) is 3.53. The number of carbonyl (C=O) groups is 2. The summed E-state index contributed by atoms with van der Waals surface area (Å²) in [4.78, 5) is 30.9. The fraction of sp³-hybridized carbons (Fsp3) is 0.286. The Morgan fingerprint density at radius 2 is 1.85 bits per heavy atom. The van der Waals surface area contributed by atoms with Gasteiger partial charge in [-0.05, 0) is 49.6 Å². The average Bonchev–Trinajstić information content (AvgIpc) is 2.89. The zero-order chi connectivity index (χ0) is 18.8. The number of ketones is 1. The maximum Gasteiger partial charge on any atom is 0.295 e. The third-order valence-electron chi connectivity index (χ3n) is 4.67. The smallest absolute Gasteiger partial charge is 0.295 e. The van der Waals surface area contributed by atoms with E-state index in [0.717, 1.165) is 23.1 Å². The molecule has 0 bridgehead atoms. The van der Waals surface area contributed by atoms with Gasteiger partial charge >= 0.3 is 0 Å². The Hall–Kier alpha value is -2.95. The monoisotopic (exact) mass is 350 g/mol. The van der Waals surface area contributed by atoms with Crippen molar-refractivity contribution >= 4 is 17.4 Å². The maximum absolute atomic E-state index is 12.8. The molecule has 2 aromatic rings. The molecule has 1 aliphatic rings. The molecule has 0 saturated carbocycles. The fourth-order valence-corrected chi connectivity index (χ4v) is 3.38. The number of nitrogens with zero attached hydrogens (tertiary/aromatic N) is 2. The van der Waals surface area contributed by atoms with Crippen LogP contribution in [0, 0.1) is 13.8 Å². The zero-order valence-electron chi connectivity index (χ0n) is 15.2. The Bertz CT molecular complexity index is 887. The number of Topliss-reactive ketones (excluding diaryl/α,β-unsaturated/α-hetero) is 1. The summed E-state index contributed by atoms with van der Waals surface area (Å²) in [7, 11) is 0. The first kappa shape index (κ1) is 17.9. The molecule has 3 rings (SSSR count). The van der Waals surface area contributed by atoms with Crippen molar-refractivity contribution in [1.29, 1.82) is 0 Å². The highest BCUT2D eigenvalue weighted by Crippen LogP contribution is 2.39. The van der Waals surface area contributed by atoms with Crippen molar-refractivity contribution in [3.63, 3.8) is 0 Å². The van der Waals surface area contributed by atoms with Crippen molar-refractivity contribution in [2.45, 2.75) is 33.2 Å². The third kappa shape index (κ3) is 3.01. The van der Waals surface area contributed by atoms with Crippen molar-refractivity contribution < 1.29 is 14.7 Å². The number of rotatable bonds is 4. The van der Waals surface area contributed by atoms with Gasteiger partial charge in [-0.1, -0.05) is 24.6 Å². The third-order valence-corrected chi connectivity index (χ3v) is 4.67. The minimum atomic E-state index is -0.640. The number of aliphatic hydroxyl groups excluding tert-OH is 1. The molecule has 26 heavy (non-hydrogen) atoms. The van der Waals surface area contributed by atoms with Crippen LogP contribution in [0.25, 0.3) is 5.76 Å². The van der Waals surface area contributed by atoms with Crippen molar-refractivity contribution in [3.05, 3.63) is 70.6 Å². The molecule has 0 aliphatic carbocycles. The van der Waals surface area contributed by atoms with Gasteiger partial charge < -0.3 is 10.0 Å². The van der Waals surface area contributed by atoms with Crippen LogP contribution in [0.5, 0.6) is 0 Å². The molecule has 1 fully saturated rings. The standard InChI is InChI=1S/C21H22N2O3/c1-4-11-23-18(15-7-9-22-10-8-15)17(20(25)21(23)26)19(24)16-12-13(2)5-6-14(16)3/h5-10,12,18,24H,4,11H2,1-3H3/b19-17+. The first-order chi connectivity index (χ1) is 12.5. The maximum atomic E-state index is 12.8. The van der Waals surface area contributed by atoms with Gasteiger partial charge in [-0.25, -0.2) is 0 Å². The summed E-state index contributed by atoms with van der Waals surface area (Å²) >= 11 is 0. The Labute approximate surface area is 153 Å². The summed E-state index contributed by atoms with van der Waals surface area (Å²) in [6.07, 6.45) is 3.97. The number of hydrogen-bond donors (Lipinski definition) is 1. The van der Waals surface area contributed by atoms with E-state index < -0.39 is 17.7 Å². The van der Waals surface area contributed by atoms with E-state index >= 15 is 0 Å². The lowest BCUT2D eigenvalue weighted by atomic mass is 9.94. The van der Waals surface area contributed by atoms with Crippen LogP contribution in [-0.4, -0.2) is 33.2 Å². The van der Waals surface area contributed by atoms with Crippen molar-refractivity contribution in [1.82, 2.24) is 9.88 Å². The molecule has 0 spiro atoms. The molecule has 1 saturated heterocycles. The van der Waals surface area contributed by atoms with Gasteiger partial charge in [0.05, 0.1) is 11.6 Å². The molecule has 0 radical (unpaired) electrons. The summed E-state index contributed by atoms with van der Waals surface area (Å²) in [6.45, 7) is 6.19. The van der Waals surface area contributed by atoms with E-state index in [1.165, 1.54) is 4.90 Å². The van der Waals surface area contributed by atoms with Crippen molar-refractivity contribution in [2.75, 3.05) is 6.54 Å². The number of pyridine rings is 1. The van der Waals surface area contributed by atoms with Gasteiger partial charge in [-0.3, -0.25) is 14.6 Å². The first-order valence-electron chi connectivity index (χ1n) is 8.71. The second-order valence-electron chi connectivity index (χ2n) is 6.59. The summed E-state index contributed by atoms with van der Waals surface area (Å²) in [5, 5.41) is 11.0. The number of hydrogen-bond acceptors (Lipinski definition) is 4. The molecule has 1 aliphatic heterocycles. The number of amides is 1. The van der Waals surface area contributed by atoms with Crippen LogP contribution in [0.2, 0.25) is 0 Å². The molecule has 1 amide bonds. The van der Waals surface area contributed by atoms with E-state index in [-0.39, 0.29) is 11.3 Å². The van der Waals surface area contributed by atoms with E-state index in [1.807, 2.05) is 39.0 Å². The largest absolute Gasteiger partial charge is 0.507 e. The van der Waals surface area contributed by atoms with E-state index in [9.17, 15) is 14.7 Å². The van der Waals surface area contributed by atoms with Crippen LogP contribution >= 0.6 is 0 Å². The normalized spacial score (nSPS) is 19.2. The van der Waals surface area contributed by atoms with Crippen LogP contribution in [0.4, 0.5) is 0 Å². The van der Waals surface area contributed by atoms with E-state index in [1.54, 1.807) is 24.5 Å². The van der Waals surface area contributed by atoms with Gasteiger partial charge in [0.25, 0.3) is 11.7 Å². The number of carbonyl (C=O) groups excluding carboxylic acids is 2. The molecule has 1 N–H and O–H groups in total. The summed E-state index contributed by atoms with van der Waals surface area (Å²) in [6, 6.07) is 8.63. The van der Waals surface area contributed by atoms with E-state index in [2.05, 4.69) is 4.98 Å². The molecule has 1 aromatic heterocycles. The lowest BCUT2D eigenvalue weighted by Crippen LogP contribution is -2.30. The van der Waals surface area contributed by atoms with E-state index in [0.29, 0.717) is 12.1 Å². The highest BCUT2D eigenvalue weighted by atomic mass is 16.3. The fourth-order valence-electron chi connectivity index (χ4n) is 3.38. The topological polar surface area (TPSA) is 70.5 Å². The lowest BCUT2D eigenvalue weighted by molar-refractivity contribution is -0.139. The Morgan fingerprint density at radius 3 is 2.50 bits per heavy atom. The highest BCUT2D eigenvalue weighted by Gasteiger charge is 2.45. The van der Waals surface area contributed by atoms with Crippen LogP contribution in [0.3, 0.4) is 0 Å². The van der Waals surface area contributed by atoms with Gasteiger partial charge in [-0.2, -0.15) is 0 Å². The Kier molecular flexibility index (Phi) is 4.89. The van der Waals surface area contributed by atoms with Crippen molar-refractivity contribution in [3.8, 4) is 0 Å². The molecule has 2 heterocycles. The highest BCUT2D eigenvalue weighted by molar-refractivity contribution is 6.46. The minimum Gasteiger partial charge on any atom is -0.507 e. The zero-order valence-corrected chi connectivity index (χ0v) is 15.2. The summed E-state index contributed by atoms with van der Waals surface area (Å²) in [5.74, 6) is -1.33. The van der Waals surface area contributed by atoms with Crippen molar-refractivity contribution in [2.24, 2.45) is 0 Å². The molecule has 1 atom stereocenters. The number of likely N-dealkylation sites (tertiary alicyclic amines) is 1. The van der Waals surface area contributed by atoms with Gasteiger partial charge in [0.1, 0.15) is 5.76 Å². The quantitative estimate of drug-likeness (QED) is 0.520. The summed E-state index contributed by atoms with van der Waals surface area (Å²) < 4.78 is 0. The van der Waals surface area contributed by atoms with Crippen LogP contribution < -0.4 is 0 Å². The number of aliphatic hydroxyl groups is 1. The Balaban J connectivity index is 2.23. The molecular weight excluding hydrogens is 328 g/mol. The second-order valence-corrected chi connectivity index (χ2v) is 6.59. The second kappa shape index (κ2) is 7.12. The van der Waals surface area contributed by atoms with Crippen LogP contribution in [-0.2, 0) is 9.59 Å². The first-order valence-corrected chi connectivity index (χ1v) is 8.71. The summed E-state index contributed by atoms with van der Waals surface area (Å²) in [5.41, 5.74) is 3.31. The van der Waals surface area contributed by atoms with Gasteiger partial charge in [0.15, 0.2) is 0 Å². The number of benzene rings is 1. The van der Waals surface area contributed by atoms with Gasteiger partial charge in [0.2, 0.25) is 0 Å². The van der Waals surface area contributed by atoms with Gasteiger partial charge in [0, 0.05) is 24.5 Å². The van der Waals surface area contributed by atoms with E-state index in [4.69, 9.17) is 0 Å². The SMILES string of the molecule is CCCN1C(=O)C(=O)/C(=C(/O)c2cc(C)ccc2C)C1c1ccncc1. The Morgan fingerprint density at radius 1 is 1.15 bits per heavy atom. The molecule has 134 valence electrons. The molecule has 5 heteroatoms. The molecule has 5 nitrogen and oxygen atoms in total. The number of aryl methyl sites for hydroxylation is 2. The molecule has 1 unspecified atom stereocenters. The minimum absolute atomic E-state index is 0.120. The van der Waals surface area contributed by atoms with Gasteiger partial charge in [-0.15, -0.1) is 0 Å². The number of aromatic nitrogens is 1.